The molecule has 0 aliphatic heterocycles. The molecule has 0 radical (unpaired) electrons. The Morgan fingerprint density at radius 2 is 1.92 bits per heavy atom. The van der Waals surface area contributed by atoms with Gasteiger partial charge in [-0.1, -0.05) is 0 Å². The van der Waals surface area contributed by atoms with Gasteiger partial charge < -0.3 is 4.74 Å². The minimum atomic E-state index is -2.98. The van der Waals surface area contributed by atoms with Crippen molar-refractivity contribution in [2.75, 3.05) is 0 Å². The highest BCUT2D eigenvalue weighted by Gasteiger charge is 2.26. The van der Waals surface area contributed by atoms with Gasteiger partial charge in [0.25, 0.3) is 5.92 Å². The van der Waals surface area contributed by atoms with Gasteiger partial charge in [0.2, 0.25) is 5.88 Å². The zero-order valence-electron chi connectivity index (χ0n) is 13.4. The quantitative estimate of drug-likeness (QED) is 0.657. The van der Waals surface area contributed by atoms with Crippen LogP contribution in [-0.2, 0) is 5.92 Å². The molecular weight excluding hydrogens is 332 g/mol. The number of aromatic nitrogens is 3. The molecule has 7 heteroatoms. The third-order valence-electron chi connectivity index (χ3n) is 3.47. The smallest absolute Gasteiger partial charge is 0.286 e. The SMILES string of the molecule is Cc1nsc(C)c1-c1cccnc1Oc1ccc(C(C)(F)F)nc1. The topological polar surface area (TPSA) is 47.9 Å². The van der Waals surface area contributed by atoms with Crippen LogP contribution in [0.5, 0.6) is 11.6 Å². The molecule has 3 heterocycles. The van der Waals surface area contributed by atoms with Gasteiger partial charge in [-0.3, -0.25) is 4.98 Å². The summed E-state index contributed by atoms with van der Waals surface area (Å²) in [4.78, 5) is 9.08. The van der Waals surface area contributed by atoms with E-state index in [0.29, 0.717) is 11.6 Å². The molecule has 3 aromatic heterocycles. The first-order valence-electron chi connectivity index (χ1n) is 7.26. The minimum absolute atomic E-state index is 0.301. The van der Waals surface area contributed by atoms with E-state index in [9.17, 15) is 8.78 Å². The second-order valence-corrected chi connectivity index (χ2v) is 6.40. The molecule has 0 saturated heterocycles. The lowest BCUT2D eigenvalue weighted by Gasteiger charge is -2.12. The summed E-state index contributed by atoms with van der Waals surface area (Å²) in [6, 6.07) is 6.43. The number of halogens is 2. The van der Waals surface area contributed by atoms with Gasteiger partial charge in [0.15, 0.2) is 0 Å². The van der Waals surface area contributed by atoms with Gasteiger partial charge in [0.05, 0.1) is 11.9 Å². The Balaban J connectivity index is 1.94. The monoisotopic (exact) mass is 347 g/mol. The first-order chi connectivity index (χ1) is 11.4. The van der Waals surface area contributed by atoms with Crippen molar-refractivity contribution in [1.82, 2.24) is 14.3 Å². The van der Waals surface area contributed by atoms with Crippen LogP contribution in [0.15, 0.2) is 36.7 Å². The average molecular weight is 347 g/mol. The number of hydrogen-bond donors (Lipinski definition) is 0. The van der Waals surface area contributed by atoms with Crippen molar-refractivity contribution < 1.29 is 13.5 Å². The van der Waals surface area contributed by atoms with Crippen LogP contribution >= 0.6 is 11.5 Å². The first-order valence-corrected chi connectivity index (χ1v) is 8.04. The van der Waals surface area contributed by atoms with Gasteiger partial charge in [0.1, 0.15) is 11.4 Å². The van der Waals surface area contributed by atoms with Gasteiger partial charge in [-0.25, -0.2) is 4.98 Å². The van der Waals surface area contributed by atoms with Crippen LogP contribution in [0.4, 0.5) is 8.78 Å². The number of aryl methyl sites for hydroxylation is 2. The van der Waals surface area contributed by atoms with Gasteiger partial charge in [-0.15, -0.1) is 0 Å². The fraction of sp³-hybridized carbons (Fsp3) is 0.235. The van der Waals surface area contributed by atoms with Gasteiger partial charge in [-0.2, -0.15) is 13.2 Å². The molecule has 124 valence electrons. The van der Waals surface area contributed by atoms with Crippen LogP contribution < -0.4 is 4.74 Å². The molecule has 0 aromatic carbocycles. The van der Waals surface area contributed by atoms with Crippen molar-refractivity contribution in [2.24, 2.45) is 0 Å². The van der Waals surface area contributed by atoms with E-state index in [1.54, 1.807) is 6.20 Å². The highest BCUT2D eigenvalue weighted by molar-refractivity contribution is 7.06. The molecule has 3 rings (SSSR count). The van der Waals surface area contributed by atoms with Crippen molar-refractivity contribution in [3.8, 4) is 22.8 Å². The molecule has 0 unspecified atom stereocenters. The number of hydrogen-bond acceptors (Lipinski definition) is 5. The summed E-state index contributed by atoms with van der Waals surface area (Å²) in [6.45, 7) is 4.72. The lowest BCUT2D eigenvalue weighted by atomic mass is 10.1. The molecule has 3 aromatic rings. The summed E-state index contributed by atoms with van der Waals surface area (Å²) in [5, 5.41) is 0. The summed E-state index contributed by atoms with van der Waals surface area (Å²) >= 11 is 1.42. The second-order valence-electron chi connectivity index (χ2n) is 5.42. The van der Waals surface area contributed by atoms with Crippen LogP contribution in [0.3, 0.4) is 0 Å². The van der Waals surface area contributed by atoms with E-state index in [1.807, 2.05) is 26.0 Å². The van der Waals surface area contributed by atoms with Gasteiger partial charge >= 0.3 is 0 Å². The van der Waals surface area contributed by atoms with E-state index in [2.05, 4.69) is 14.3 Å². The molecule has 0 N–H and O–H groups in total. The summed E-state index contributed by atoms with van der Waals surface area (Å²) in [5.74, 6) is -2.24. The fourth-order valence-electron chi connectivity index (χ4n) is 2.34. The van der Waals surface area contributed by atoms with Crippen LogP contribution in [0, 0.1) is 13.8 Å². The molecule has 4 nitrogen and oxygen atoms in total. The molecular formula is C17H15F2N3OS. The Labute approximate surface area is 142 Å². The summed E-state index contributed by atoms with van der Waals surface area (Å²) in [7, 11) is 0. The Morgan fingerprint density at radius 1 is 1.12 bits per heavy atom. The molecule has 0 fully saturated rings. The molecule has 0 bridgehead atoms. The Morgan fingerprint density at radius 3 is 2.50 bits per heavy atom. The van der Waals surface area contributed by atoms with E-state index >= 15 is 0 Å². The molecule has 0 atom stereocenters. The van der Waals surface area contributed by atoms with Crippen molar-refractivity contribution in [2.45, 2.75) is 26.7 Å². The Hall–Kier alpha value is -2.41. The molecule has 0 aliphatic carbocycles. The predicted octanol–water partition coefficient (Wildman–Crippen LogP) is 5.12. The number of nitrogens with zero attached hydrogens (tertiary/aromatic N) is 3. The predicted molar refractivity (Wildman–Crippen MR) is 88.7 cm³/mol. The maximum absolute atomic E-state index is 13.2. The minimum Gasteiger partial charge on any atom is -0.437 e. The zero-order chi connectivity index (χ0) is 17.3. The standard InChI is InChI=1S/C17H15F2N3OS/c1-10-15(11(2)24-22-10)13-5-4-8-20-16(13)23-12-6-7-14(21-9-12)17(3,18)19/h4-9H,1-3H3. The largest absolute Gasteiger partial charge is 0.437 e. The van der Waals surface area contributed by atoms with E-state index < -0.39 is 5.92 Å². The highest BCUT2D eigenvalue weighted by Crippen LogP contribution is 2.36. The maximum Gasteiger partial charge on any atom is 0.286 e. The van der Waals surface area contributed by atoms with Crippen LogP contribution in [0.25, 0.3) is 11.1 Å². The van der Waals surface area contributed by atoms with Crippen LogP contribution in [0.2, 0.25) is 0 Å². The van der Waals surface area contributed by atoms with Crippen molar-refractivity contribution >= 4 is 11.5 Å². The first kappa shape index (κ1) is 16.4. The van der Waals surface area contributed by atoms with E-state index in [-0.39, 0.29) is 5.69 Å². The zero-order valence-corrected chi connectivity index (χ0v) is 14.2. The Bertz CT molecular complexity index is 838. The van der Waals surface area contributed by atoms with E-state index in [4.69, 9.17) is 4.74 Å². The average Bonchev–Trinajstić information content (AvgIpc) is 2.87. The van der Waals surface area contributed by atoms with E-state index in [0.717, 1.165) is 28.6 Å². The third kappa shape index (κ3) is 3.26. The molecule has 24 heavy (non-hydrogen) atoms. The molecule has 0 saturated carbocycles. The van der Waals surface area contributed by atoms with Gasteiger partial charge in [0, 0.05) is 29.1 Å². The van der Waals surface area contributed by atoms with E-state index in [1.165, 1.54) is 29.9 Å². The molecule has 0 aliphatic rings. The molecule has 0 spiro atoms. The fourth-order valence-corrected chi connectivity index (χ4v) is 3.06. The normalized spacial score (nSPS) is 11.5. The van der Waals surface area contributed by atoms with Gasteiger partial charge in [-0.05, 0) is 49.6 Å². The number of ether oxygens (including phenoxy) is 1. The van der Waals surface area contributed by atoms with Crippen molar-refractivity contribution in [1.29, 1.82) is 0 Å². The lowest BCUT2D eigenvalue weighted by molar-refractivity contribution is 0.0127. The van der Waals surface area contributed by atoms with Crippen molar-refractivity contribution in [3.05, 3.63) is 52.9 Å². The summed E-state index contributed by atoms with van der Waals surface area (Å²) in [6.07, 6.45) is 2.89. The number of alkyl halides is 2. The summed E-state index contributed by atoms with van der Waals surface area (Å²) in [5.41, 5.74) is 2.39. The second kappa shape index (κ2) is 6.24. The maximum atomic E-state index is 13.2. The Kier molecular flexibility index (Phi) is 4.28. The third-order valence-corrected chi connectivity index (χ3v) is 4.32. The van der Waals surface area contributed by atoms with Crippen LogP contribution in [0.1, 0.15) is 23.2 Å². The number of rotatable bonds is 4. The highest BCUT2D eigenvalue weighted by atomic mass is 32.1. The van der Waals surface area contributed by atoms with Crippen molar-refractivity contribution in [3.63, 3.8) is 0 Å². The lowest BCUT2D eigenvalue weighted by Crippen LogP contribution is -2.09. The molecule has 0 amide bonds. The number of pyridine rings is 2. The van der Waals surface area contributed by atoms with Crippen LogP contribution in [-0.4, -0.2) is 14.3 Å². The summed E-state index contributed by atoms with van der Waals surface area (Å²) < 4.78 is 36.6.